The first-order valence-electron chi connectivity index (χ1n) is 11.8. The number of para-hydroxylation sites is 1. The largest absolute Gasteiger partial charge is 0.382 e. The molecule has 4 rings (SSSR count). The van der Waals surface area contributed by atoms with Crippen molar-refractivity contribution in [1.82, 2.24) is 14.8 Å². The Bertz CT molecular complexity index is 988. The molecule has 1 amide bonds. The molecular formula is C25H35N3O4. The minimum atomic E-state index is -0.254. The van der Waals surface area contributed by atoms with Gasteiger partial charge in [0.1, 0.15) is 5.56 Å². The van der Waals surface area contributed by atoms with Crippen LogP contribution in [-0.2, 0) is 9.47 Å². The van der Waals surface area contributed by atoms with E-state index in [-0.39, 0.29) is 29.1 Å². The Kier molecular flexibility index (Phi) is 7.28. The van der Waals surface area contributed by atoms with Gasteiger partial charge >= 0.3 is 0 Å². The van der Waals surface area contributed by atoms with Crippen LogP contribution in [0.1, 0.15) is 55.9 Å². The predicted octanol–water partition coefficient (Wildman–Crippen LogP) is 2.97. The smallest absolute Gasteiger partial charge is 0.264 e. The van der Waals surface area contributed by atoms with Crippen molar-refractivity contribution in [3.63, 3.8) is 0 Å². The van der Waals surface area contributed by atoms with Gasteiger partial charge in [0, 0.05) is 37.8 Å². The Morgan fingerprint density at radius 2 is 1.84 bits per heavy atom. The minimum absolute atomic E-state index is 0.0228. The maximum Gasteiger partial charge on any atom is 0.264 e. The van der Waals surface area contributed by atoms with Crippen LogP contribution in [0, 0.1) is 0 Å². The number of aromatic nitrogens is 1. The summed E-state index contributed by atoms with van der Waals surface area (Å²) in [4.78, 5) is 28.9. The summed E-state index contributed by atoms with van der Waals surface area (Å²) in [5, 5.41) is 4.10. The zero-order valence-electron chi connectivity index (χ0n) is 19.4. The Labute approximate surface area is 189 Å². The highest BCUT2D eigenvalue weighted by atomic mass is 16.5. The average molecular weight is 442 g/mol. The summed E-state index contributed by atoms with van der Waals surface area (Å²) in [5.74, 6) is -0.254. The van der Waals surface area contributed by atoms with Crippen molar-refractivity contribution in [2.45, 2.75) is 63.7 Å². The van der Waals surface area contributed by atoms with Gasteiger partial charge in [0.15, 0.2) is 0 Å². The molecule has 1 unspecified atom stereocenters. The number of amides is 1. The number of methoxy groups -OCH3 is 1. The van der Waals surface area contributed by atoms with Crippen LogP contribution in [0.5, 0.6) is 0 Å². The Morgan fingerprint density at radius 1 is 1.12 bits per heavy atom. The molecule has 2 saturated heterocycles. The van der Waals surface area contributed by atoms with E-state index in [1.807, 2.05) is 38.1 Å². The first-order valence-corrected chi connectivity index (χ1v) is 11.8. The quantitative estimate of drug-likeness (QED) is 0.606. The summed E-state index contributed by atoms with van der Waals surface area (Å²) in [6.45, 7) is 6.82. The second kappa shape index (κ2) is 10.1. The van der Waals surface area contributed by atoms with Crippen LogP contribution in [0.15, 0.2) is 35.1 Å². The van der Waals surface area contributed by atoms with Crippen LogP contribution in [0.2, 0.25) is 0 Å². The number of pyridine rings is 1. The Hall–Kier alpha value is -2.22. The van der Waals surface area contributed by atoms with Crippen LogP contribution >= 0.6 is 0 Å². The number of fused-ring (bicyclic) bond motifs is 3. The zero-order valence-corrected chi connectivity index (χ0v) is 19.4. The number of hydrogen-bond donors (Lipinski definition) is 1. The number of benzene rings is 1. The van der Waals surface area contributed by atoms with Crippen LogP contribution in [0.25, 0.3) is 10.9 Å². The molecule has 7 nitrogen and oxygen atoms in total. The molecule has 1 aromatic carbocycles. The lowest BCUT2D eigenvalue weighted by Gasteiger charge is -2.39. The Balaban J connectivity index is 1.43. The first-order chi connectivity index (χ1) is 15.5. The van der Waals surface area contributed by atoms with Crippen molar-refractivity contribution in [2.24, 2.45) is 0 Å². The minimum Gasteiger partial charge on any atom is -0.382 e. The Morgan fingerprint density at radius 3 is 2.53 bits per heavy atom. The average Bonchev–Trinajstić information content (AvgIpc) is 3.00. The van der Waals surface area contributed by atoms with Crippen molar-refractivity contribution < 1.29 is 14.3 Å². The normalized spacial score (nSPS) is 23.2. The second-order valence-electron chi connectivity index (χ2n) is 9.26. The third-order valence-corrected chi connectivity index (χ3v) is 6.85. The van der Waals surface area contributed by atoms with E-state index < -0.39 is 0 Å². The maximum absolute atomic E-state index is 13.2. The van der Waals surface area contributed by atoms with Gasteiger partial charge in [-0.15, -0.1) is 0 Å². The van der Waals surface area contributed by atoms with Crippen LogP contribution in [0.4, 0.5) is 0 Å². The van der Waals surface area contributed by atoms with E-state index in [2.05, 4.69) is 10.2 Å². The lowest BCUT2D eigenvalue weighted by molar-refractivity contribution is 0.0352. The molecule has 1 aromatic heterocycles. The highest BCUT2D eigenvalue weighted by Crippen LogP contribution is 2.35. The molecule has 7 heteroatoms. The fraction of sp³-hybridized carbons (Fsp3) is 0.600. The molecule has 2 aromatic rings. The standard InChI is InChI=1S/C25H35N3O4/c1-17(2)28-23-7-5-4-6-18(23)14-22(25(28)30)24(29)26-19-15-20-8-9-21(16-19)27(20)10-11-32-13-12-31-3/h4-7,14,17,19-21H,8-13,15-16H2,1-3H3,(H,26,29)/t19?,20-,21+. The van der Waals surface area contributed by atoms with Crippen LogP contribution in [0.3, 0.4) is 0 Å². The highest BCUT2D eigenvalue weighted by molar-refractivity contribution is 5.97. The van der Waals surface area contributed by atoms with Crippen molar-refractivity contribution in [3.05, 3.63) is 46.2 Å². The number of carbonyl (C=O) groups is 1. The molecule has 0 saturated carbocycles. The summed E-state index contributed by atoms with van der Waals surface area (Å²) >= 11 is 0. The summed E-state index contributed by atoms with van der Waals surface area (Å²) in [5.41, 5.74) is 0.881. The molecule has 2 aliphatic rings. The summed E-state index contributed by atoms with van der Waals surface area (Å²) in [7, 11) is 1.68. The van der Waals surface area contributed by atoms with Gasteiger partial charge < -0.3 is 19.4 Å². The van der Waals surface area contributed by atoms with E-state index in [0.29, 0.717) is 31.9 Å². The number of carbonyl (C=O) groups excluding carboxylic acids is 1. The van der Waals surface area contributed by atoms with E-state index in [1.165, 1.54) is 0 Å². The molecule has 3 heterocycles. The topological polar surface area (TPSA) is 72.8 Å². The summed E-state index contributed by atoms with van der Waals surface area (Å²) in [6, 6.07) is 10.5. The summed E-state index contributed by atoms with van der Waals surface area (Å²) < 4.78 is 12.4. The van der Waals surface area contributed by atoms with E-state index in [9.17, 15) is 9.59 Å². The molecule has 0 radical (unpaired) electrons. The van der Waals surface area contributed by atoms with E-state index in [0.717, 1.165) is 43.1 Å². The number of rotatable bonds is 9. The fourth-order valence-electron chi connectivity index (χ4n) is 5.40. The zero-order chi connectivity index (χ0) is 22.7. The number of nitrogens with one attached hydrogen (secondary N) is 1. The lowest BCUT2D eigenvalue weighted by Crippen LogP contribution is -2.51. The third kappa shape index (κ3) is 4.75. The van der Waals surface area contributed by atoms with Gasteiger partial charge in [-0.2, -0.15) is 0 Å². The van der Waals surface area contributed by atoms with E-state index in [1.54, 1.807) is 17.7 Å². The van der Waals surface area contributed by atoms with Gasteiger partial charge in [0.2, 0.25) is 0 Å². The molecule has 0 aliphatic carbocycles. The molecule has 174 valence electrons. The molecule has 3 atom stereocenters. The SMILES string of the molecule is COCCOCCN1[C@@H]2CC[C@H]1CC(NC(=O)c1cc3ccccc3n(C(C)C)c1=O)C2. The molecule has 32 heavy (non-hydrogen) atoms. The summed E-state index contributed by atoms with van der Waals surface area (Å²) in [6.07, 6.45) is 4.16. The molecule has 0 spiro atoms. The molecule has 2 fully saturated rings. The number of ether oxygens (including phenoxy) is 2. The lowest BCUT2D eigenvalue weighted by atomic mass is 9.97. The number of nitrogens with zero attached hydrogens (tertiary/aromatic N) is 2. The maximum atomic E-state index is 13.2. The van der Waals surface area contributed by atoms with Crippen molar-refractivity contribution in [3.8, 4) is 0 Å². The van der Waals surface area contributed by atoms with E-state index >= 15 is 0 Å². The second-order valence-corrected chi connectivity index (χ2v) is 9.26. The molecule has 2 aliphatic heterocycles. The van der Waals surface area contributed by atoms with Gasteiger partial charge in [-0.3, -0.25) is 14.5 Å². The van der Waals surface area contributed by atoms with Crippen molar-refractivity contribution >= 4 is 16.8 Å². The third-order valence-electron chi connectivity index (χ3n) is 6.85. The van der Waals surface area contributed by atoms with E-state index in [4.69, 9.17) is 9.47 Å². The van der Waals surface area contributed by atoms with Crippen LogP contribution in [-0.4, -0.2) is 67.0 Å². The number of hydrogen-bond acceptors (Lipinski definition) is 5. The highest BCUT2D eigenvalue weighted by Gasteiger charge is 2.40. The fourth-order valence-corrected chi connectivity index (χ4v) is 5.40. The molecule has 2 bridgehead atoms. The van der Waals surface area contributed by atoms with Gasteiger partial charge in [0.05, 0.1) is 25.3 Å². The molecule has 1 N–H and O–H groups in total. The monoisotopic (exact) mass is 441 g/mol. The van der Waals surface area contributed by atoms with Gasteiger partial charge in [0.25, 0.3) is 11.5 Å². The predicted molar refractivity (Wildman–Crippen MR) is 125 cm³/mol. The van der Waals surface area contributed by atoms with Gasteiger partial charge in [-0.25, -0.2) is 0 Å². The van der Waals surface area contributed by atoms with Crippen molar-refractivity contribution in [2.75, 3.05) is 33.5 Å². The molecular weight excluding hydrogens is 406 g/mol. The van der Waals surface area contributed by atoms with Crippen LogP contribution < -0.4 is 10.9 Å². The first kappa shape index (κ1) is 23.0. The van der Waals surface area contributed by atoms with Crippen molar-refractivity contribution in [1.29, 1.82) is 0 Å². The van der Waals surface area contributed by atoms with Gasteiger partial charge in [-0.05, 0) is 57.0 Å². The van der Waals surface area contributed by atoms with Gasteiger partial charge in [-0.1, -0.05) is 18.2 Å². The number of piperidine rings is 1.